The van der Waals surface area contributed by atoms with E-state index in [-0.39, 0.29) is 28.9 Å². The van der Waals surface area contributed by atoms with Crippen molar-refractivity contribution in [2.75, 3.05) is 13.1 Å². The molecular formula is C46H52N2O6. The average molecular weight is 729 g/mol. The molecule has 0 saturated heterocycles. The van der Waals surface area contributed by atoms with Gasteiger partial charge >= 0.3 is 5.97 Å². The summed E-state index contributed by atoms with van der Waals surface area (Å²) in [5.74, 6) is -2.76. The predicted molar refractivity (Wildman–Crippen MR) is 215 cm³/mol. The summed E-state index contributed by atoms with van der Waals surface area (Å²) >= 11 is 0. The zero-order chi connectivity index (χ0) is 37.9. The van der Waals surface area contributed by atoms with E-state index in [1.165, 1.54) is 81.9 Å². The zero-order valence-electron chi connectivity index (χ0n) is 31.8. The lowest BCUT2D eigenvalue weighted by atomic mass is 9.82. The van der Waals surface area contributed by atoms with E-state index < -0.39 is 24.3 Å². The number of carbonyl (C=O) groups is 5. The number of rotatable bonds is 20. The molecule has 5 aromatic carbocycles. The van der Waals surface area contributed by atoms with Crippen LogP contribution in [0.1, 0.15) is 158 Å². The Hall–Kier alpha value is -4.85. The zero-order valence-corrected chi connectivity index (χ0v) is 31.8. The molecule has 1 unspecified atom stereocenters. The minimum absolute atomic E-state index is 0.245. The molecule has 1 N–H and O–H groups in total. The van der Waals surface area contributed by atoms with Crippen LogP contribution < -0.4 is 0 Å². The number of fused-ring (bicyclic) bond motifs is 2. The SMILES string of the molecule is CCCCCCCCCCC(CCCCCCCC)CN1C(=O)c2ccc3c4ccc5c6c(ccc(c7ccc(c2c37)C1=O)c64)C(=O)N(CC(=O)O)C5=O. The van der Waals surface area contributed by atoms with Crippen LogP contribution in [-0.4, -0.2) is 57.6 Å². The summed E-state index contributed by atoms with van der Waals surface area (Å²) in [6.07, 6.45) is 19.3. The summed E-state index contributed by atoms with van der Waals surface area (Å²) in [5, 5.41) is 15.4. The maximum absolute atomic E-state index is 14.4. The number of benzene rings is 5. The molecule has 0 aliphatic carbocycles. The summed E-state index contributed by atoms with van der Waals surface area (Å²) in [5.41, 5.74) is 1.62. The second-order valence-electron chi connectivity index (χ2n) is 15.6. The molecule has 1 atom stereocenters. The van der Waals surface area contributed by atoms with Crippen molar-refractivity contribution < 1.29 is 29.1 Å². The Morgan fingerprint density at radius 1 is 0.481 bits per heavy atom. The number of hydrogen-bond donors (Lipinski definition) is 1. The number of amides is 4. The van der Waals surface area contributed by atoms with Crippen molar-refractivity contribution in [1.82, 2.24) is 9.80 Å². The molecular weight excluding hydrogens is 677 g/mol. The minimum Gasteiger partial charge on any atom is -0.480 e. The van der Waals surface area contributed by atoms with Gasteiger partial charge in [-0.05, 0) is 75.3 Å². The first-order chi connectivity index (χ1) is 26.3. The highest BCUT2D eigenvalue weighted by molar-refractivity contribution is 6.41. The molecule has 0 aromatic heterocycles. The van der Waals surface area contributed by atoms with Crippen LogP contribution in [0.2, 0.25) is 0 Å². The Balaban J connectivity index is 1.19. The minimum atomic E-state index is -1.26. The number of carbonyl (C=O) groups excluding carboxylic acids is 4. The van der Waals surface area contributed by atoms with Gasteiger partial charge in [0.1, 0.15) is 6.54 Å². The van der Waals surface area contributed by atoms with E-state index in [0.29, 0.717) is 28.4 Å². The number of carboxylic acid groups (broad SMARTS) is 1. The molecule has 5 aromatic rings. The number of aliphatic carboxylic acids is 1. The van der Waals surface area contributed by atoms with Gasteiger partial charge in [-0.3, -0.25) is 33.8 Å². The first-order valence-electron chi connectivity index (χ1n) is 20.4. The number of carboxylic acids is 1. The summed E-state index contributed by atoms with van der Waals surface area (Å²) in [7, 11) is 0. The number of unbranched alkanes of at least 4 members (excludes halogenated alkanes) is 12. The fourth-order valence-electron chi connectivity index (χ4n) is 9.18. The largest absolute Gasteiger partial charge is 0.480 e. The summed E-state index contributed by atoms with van der Waals surface area (Å²) in [6.45, 7) is 4.19. The van der Waals surface area contributed by atoms with E-state index in [1.807, 2.05) is 36.4 Å². The molecule has 2 aliphatic rings. The molecule has 8 nitrogen and oxygen atoms in total. The molecule has 2 aliphatic heterocycles. The van der Waals surface area contributed by atoms with Crippen LogP contribution in [0.15, 0.2) is 48.5 Å². The molecule has 0 fully saturated rings. The molecule has 282 valence electrons. The van der Waals surface area contributed by atoms with Crippen LogP contribution in [0, 0.1) is 5.92 Å². The van der Waals surface area contributed by atoms with Crippen molar-refractivity contribution >= 4 is 72.7 Å². The standard InChI is InChI=1S/C46H52N2O6/c1-3-5-7-9-11-12-14-16-18-29(17-15-13-10-8-6-4-2)27-47-43(51)34-23-19-30-32-21-25-36-42-37(46(54)48(45(36)53)28-38(49)50)26-22-33(40(32)42)31-20-24-35(44(47)52)41(34)39(30)31/h19-26,29H,3-18,27-28H2,1-2H3,(H,49,50). The molecule has 0 saturated carbocycles. The van der Waals surface area contributed by atoms with Gasteiger partial charge in [-0.25, -0.2) is 0 Å². The fourth-order valence-corrected chi connectivity index (χ4v) is 9.18. The highest BCUT2D eigenvalue weighted by Gasteiger charge is 2.38. The van der Waals surface area contributed by atoms with Crippen LogP contribution in [0.4, 0.5) is 0 Å². The van der Waals surface area contributed by atoms with E-state index in [2.05, 4.69) is 13.8 Å². The van der Waals surface area contributed by atoms with E-state index >= 15 is 0 Å². The number of nitrogens with zero attached hydrogens (tertiary/aromatic N) is 2. The Bertz CT molecular complexity index is 2140. The van der Waals surface area contributed by atoms with Gasteiger partial charge in [0, 0.05) is 39.6 Å². The molecule has 8 heteroatoms. The molecule has 0 spiro atoms. The third-order valence-corrected chi connectivity index (χ3v) is 12.0. The van der Waals surface area contributed by atoms with Crippen molar-refractivity contribution in [2.24, 2.45) is 5.92 Å². The smallest absolute Gasteiger partial charge is 0.323 e. The van der Waals surface area contributed by atoms with Crippen molar-refractivity contribution in [1.29, 1.82) is 0 Å². The van der Waals surface area contributed by atoms with Gasteiger partial charge in [-0.15, -0.1) is 0 Å². The van der Waals surface area contributed by atoms with E-state index in [0.717, 1.165) is 62.9 Å². The van der Waals surface area contributed by atoms with Gasteiger partial charge in [-0.1, -0.05) is 128 Å². The lowest BCUT2D eigenvalue weighted by Crippen LogP contribution is -2.43. The molecule has 4 amide bonds. The quantitative estimate of drug-likeness (QED) is 0.0369. The molecule has 2 heterocycles. The highest BCUT2D eigenvalue weighted by Crippen LogP contribution is 2.46. The van der Waals surface area contributed by atoms with Crippen LogP contribution in [0.5, 0.6) is 0 Å². The van der Waals surface area contributed by atoms with Crippen molar-refractivity contribution in [3.63, 3.8) is 0 Å². The Kier molecular flexibility index (Phi) is 11.3. The van der Waals surface area contributed by atoms with Gasteiger partial charge in [0.2, 0.25) is 0 Å². The second-order valence-corrected chi connectivity index (χ2v) is 15.6. The van der Waals surface area contributed by atoms with Crippen LogP contribution in [0.3, 0.4) is 0 Å². The molecule has 7 rings (SSSR count). The fraction of sp³-hybridized carbons (Fsp3) is 0.457. The normalized spacial score (nSPS) is 14.9. The first kappa shape index (κ1) is 37.5. The van der Waals surface area contributed by atoms with Gasteiger partial charge in [-0.2, -0.15) is 0 Å². The van der Waals surface area contributed by atoms with Crippen molar-refractivity contribution in [3.05, 3.63) is 70.8 Å². The summed E-state index contributed by atoms with van der Waals surface area (Å²) < 4.78 is 0. The molecule has 54 heavy (non-hydrogen) atoms. The Morgan fingerprint density at radius 2 is 0.815 bits per heavy atom. The third kappa shape index (κ3) is 6.84. The van der Waals surface area contributed by atoms with Gasteiger partial charge in [0.05, 0.1) is 0 Å². The Labute approximate surface area is 317 Å². The van der Waals surface area contributed by atoms with E-state index in [1.54, 1.807) is 12.1 Å². The molecule has 0 bridgehead atoms. The summed E-state index contributed by atoms with van der Waals surface area (Å²) in [6, 6.07) is 14.5. The number of imide groups is 2. The lowest BCUT2D eigenvalue weighted by molar-refractivity contribution is -0.137. The topological polar surface area (TPSA) is 112 Å². The highest BCUT2D eigenvalue weighted by atomic mass is 16.4. The third-order valence-electron chi connectivity index (χ3n) is 12.0. The maximum Gasteiger partial charge on any atom is 0.323 e. The van der Waals surface area contributed by atoms with Crippen molar-refractivity contribution in [3.8, 4) is 0 Å². The first-order valence-corrected chi connectivity index (χ1v) is 20.4. The van der Waals surface area contributed by atoms with Crippen LogP contribution in [0.25, 0.3) is 43.1 Å². The van der Waals surface area contributed by atoms with Gasteiger partial charge in [0.15, 0.2) is 0 Å². The predicted octanol–water partition coefficient (Wildman–Crippen LogP) is 10.9. The maximum atomic E-state index is 14.4. The van der Waals surface area contributed by atoms with E-state index in [9.17, 15) is 29.1 Å². The lowest BCUT2D eigenvalue weighted by Gasteiger charge is -2.32. The van der Waals surface area contributed by atoms with Gasteiger partial charge < -0.3 is 5.11 Å². The number of hydrogen-bond acceptors (Lipinski definition) is 5. The average Bonchev–Trinajstić information content (AvgIpc) is 3.17. The van der Waals surface area contributed by atoms with E-state index in [4.69, 9.17) is 0 Å². The van der Waals surface area contributed by atoms with Crippen LogP contribution in [-0.2, 0) is 4.79 Å². The summed E-state index contributed by atoms with van der Waals surface area (Å²) in [4.78, 5) is 69.4. The van der Waals surface area contributed by atoms with Gasteiger partial charge in [0.25, 0.3) is 23.6 Å². The second kappa shape index (κ2) is 16.3. The van der Waals surface area contributed by atoms with Crippen molar-refractivity contribution in [2.45, 2.75) is 117 Å². The molecule has 0 radical (unpaired) electrons. The van der Waals surface area contributed by atoms with Crippen LogP contribution >= 0.6 is 0 Å². The monoisotopic (exact) mass is 728 g/mol. The Morgan fingerprint density at radius 3 is 1.17 bits per heavy atom.